The van der Waals surface area contributed by atoms with Crippen LogP contribution in [0.3, 0.4) is 0 Å². The third-order valence-electron chi connectivity index (χ3n) is 11.9. The van der Waals surface area contributed by atoms with E-state index in [1.54, 1.807) is 7.11 Å². The lowest BCUT2D eigenvalue weighted by atomic mass is 9.86. The van der Waals surface area contributed by atoms with Gasteiger partial charge in [0.25, 0.3) is 5.56 Å². The molecule has 1 saturated carbocycles. The number of amides is 1. The molecule has 2 fully saturated rings. The van der Waals surface area contributed by atoms with Gasteiger partial charge in [-0.25, -0.2) is 0 Å². The first-order valence-corrected chi connectivity index (χ1v) is 19.5. The molecule has 0 bridgehead atoms. The highest BCUT2D eigenvalue weighted by Gasteiger charge is 2.39. The predicted molar refractivity (Wildman–Crippen MR) is 203 cm³/mol. The number of nitrogens with zero attached hydrogens (tertiary/aromatic N) is 2. The highest BCUT2D eigenvalue weighted by molar-refractivity contribution is 5.82. The van der Waals surface area contributed by atoms with E-state index in [0.717, 1.165) is 65.7 Å². The molecule has 1 saturated heterocycles. The average molecular weight is 750 g/mol. The van der Waals surface area contributed by atoms with Gasteiger partial charge in [-0.2, -0.15) is 13.2 Å². The minimum atomic E-state index is -4.73. The lowest BCUT2D eigenvalue weighted by Gasteiger charge is -2.37. The van der Waals surface area contributed by atoms with Crippen molar-refractivity contribution in [1.82, 2.24) is 14.8 Å². The van der Waals surface area contributed by atoms with Crippen LogP contribution in [0.15, 0.2) is 41.3 Å². The molecule has 11 heteroatoms. The van der Waals surface area contributed by atoms with Crippen LogP contribution in [-0.4, -0.2) is 52.7 Å². The van der Waals surface area contributed by atoms with Crippen molar-refractivity contribution >= 4 is 11.9 Å². The number of aromatic nitrogens is 1. The minimum absolute atomic E-state index is 0.0466. The van der Waals surface area contributed by atoms with Crippen molar-refractivity contribution in [3.05, 3.63) is 85.8 Å². The molecular formula is C43H54F3N3O5. The Morgan fingerprint density at radius 1 is 0.963 bits per heavy atom. The van der Waals surface area contributed by atoms with Gasteiger partial charge in [0.15, 0.2) is 0 Å². The van der Waals surface area contributed by atoms with Gasteiger partial charge in [-0.3, -0.25) is 14.4 Å². The fraction of sp³-hybridized carbons (Fsp3) is 0.558. The zero-order valence-corrected chi connectivity index (χ0v) is 32.2. The molecule has 1 aliphatic heterocycles. The van der Waals surface area contributed by atoms with Crippen molar-refractivity contribution in [2.45, 2.75) is 129 Å². The normalized spacial score (nSPS) is 18.2. The van der Waals surface area contributed by atoms with Crippen molar-refractivity contribution in [3.8, 4) is 16.9 Å². The number of carbonyl (C=O) groups excluding carboxylic acids is 1. The molecule has 0 spiro atoms. The predicted octanol–water partition coefficient (Wildman–Crippen LogP) is 8.69. The number of alkyl halides is 3. The van der Waals surface area contributed by atoms with Crippen molar-refractivity contribution in [3.63, 3.8) is 0 Å². The first kappa shape index (κ1) is 39.6. The molecule has 3 aliphatic rings. The molecule has 1 amide bonds. The second kappa shape index (κ2) is 16.3. The number of carboxylic acids is 1. The number of hydrogen-bond donors (Lipinski definition) is 2. The average Bonchev–Trinajstić information content (AvgIpc) is 3.83. The molecule has 0 radical (unpaired) electrons. The van der Waals surface area contributed by atoms with Crippen LogP contribution >= 0.6 is 0 Å². The molecule has 2 aliphatic carbocycles. The van der Waals surface area contributed by atoms with Crippen LogP contribution in [0.5, 0.6) is 5.75 Å². The number of carboxylic acid groups (broad SMARTS) is 1. The summed E-state index contributed by atoms with van der Waals surface area (Å²) in [6.07, 6.45) is 4.61. The van der Waals surface area contributed by atoms with E-state index >= 15 is 0 Å². The SMILES string of the molecule is COc1cc(C)c(-c2cc([C@@H](CC(=O)O)NC(=O)[C@@H](CC(C)C)n3cc(C4CCN(C5CCCC5)CC4)c(C(F)(F)F)cc3=O)cc3c2CCC3)c(C)c1. The van der Waals surface area contributed by atoms with Gasteiger partial charge in [0.1, 0.15) is 11.8 Å². The van der Waals surface area contributed by atoms with E-state index in [1.807, 2.05) is 52.0 Å². The number of hydrogen-bond acceptors (Lipinski definition) is 5. The lowest BCUT2D eigenvalue weighted by molar-refractivity contribution is -0.139. The zero-order chi connectivity index (χ0) is 38.9. The summed E-state index contributed by atoms with van der Waals surface area (Å²) in [6, 6.07) is 6.93. The van der Waals surface area contributed by atoms with Crippen LogP contribution in [0.4, 0.5) is 13.2 Å². The maximum absolute atomic E-state index is 14.5. The van der Waals surface area contributed by atoms with Crippen LogP contribution in [0.2, 0.25) is 0 Å². The van der Waals surface area contributed by atoms with Gasteiger partial charge in [0.2, 0.25) is 5.91 Å². The molecule has 54 heavy (non-hydrogen) atoms. The number of methoxy groups -OCH3 is 1. The summed E-state index contributed by atoms with van der Waals surface area (Å²) < 4.78 is 50.2. The highest BCUT2D eigenvalue weighted by Crippen LogP contribution is 2.42. The van der Waals surface area contributed by atoms with E-state index in [9.17, 15) is 32.7 Å². The fourth-order valence-electron chi connectivity index (χ4n) is 9.33. The van der Waals surface area contributed by atoms with Gasteiger partial charge in [-0.15, -0.1) is 0 Å². The number of piperidine rings is 1. The number of aryl methyl sites for hydroxylation is 3. The molecule has 292 valence electrons. The van der Waals surface area contributed by atoms with Crippen LogP contribution < -0.4 is 15.6 Å². The molecule has 2 aromatic carbocycles. The standard InChI is InChI=1S/C43H54F3N3O5/c1-25(2)17-38(49-24-35(36(22-39(49)50)43(44,45)46)28-13-15-48(16-14-28)31-10-6-7-11-31)42(53)47-37(23-40(51)52)30-20-29-9-8-12-33(29)34(21-30)41-26(3)18-32(54-5)19-27(41)4/h18-22,24-25,28,31,37-38H,6-17,23H2,1-5H3,(H,47,53)(H,51,52)/t37-,38-/m1/s1. The second-order valence-corrected chi connectivity index (χ2v) is 16.1. The number of halogens is 3. The lowest BCUT2D eigenvalue weighted by Crippen LogP contribution is -2.42. The van der Waals surface area contributed by atoms with Crippen molar-refractivity contribution < 1.29 is 32.6 Å². The first-order chi connectivity index (χ1) is 25.6. The fourth-order valence-corrected chi connectivity index (χ4v) is 9.33. The number of rotatable bonds is 12. The van der Waals surface area contributed by atoms with E-state index in [1.165, 1.54) is 29.2 Å². The molecule has 8 nitrogen and oxygen atoms in total. The number of likely N-dealkylation sites (tertiary alicyclic amines) is 1. The summed E-state index contributed by atoms with van der Waals surface area (Å²) in [6.45, 7) is 9.18. The quantitative estimate of drug-likeness (QED) is 0.192. The summed E-state index contributed by atoms with van der Waals surface area (Å²) >= 11 is 0. The Bertz CT molecular complexity index is 1900. The van der Waals surface area contributed by atoms with Crippen molar-refractivity contribution in [2.75, 3.05) is 20.2 Å². The van der Waals surface area contributed by atoms with E-state index in [0.29, 0.717) is 43.6 Å². The third kappa shape index (κ3) is 8.56. The summed E-state index contributed by atoms with van der Waals surface area (Å²) in [7, 11) is 1.62. The van der Waals surface area contributed by atoms with Gasteiger partial charge < -0.3 is 24.6 Å². The Hall–Kier alpha value is -4.12. The highest BCUT2D eigenvalue weighted by atomic mass is 19.4. The summed E-state index contributed by atoms with van der Waals surface area (Å²) in [4.78, 5) is 42.8. The van der Waals surface area contributed by atoms with E-state index < -0.39 is 53.6 Å². The Morgan fingerprint density at radius 3 is 2.22 bits per heavy atom. The molecule has 2 heterocycles. The number of benzene rings is 2. The molecule has 2 N–H and O–H groups in total. The first-order valence-electron chi connectivity index (χ1n) is 19.5. The number of pyridine rings is 1. The second-order valence-electron chi connectivity index (χ2n) is 16.1. The van der Waals surface area contributed by atoms with Crippen LogP contribution in [-0.2, 0) is 28.6 Å². The number of nitrogens with one attached hydrogen (secondary N) is 1. The topological polar surface area (TPSA) is 101 Å². The van der Waals surface area contributed by atoms with Crippen LogP contribution in [0, 0.1) is 19.8 Å². The van der Waals surface area contributed by atoms with E-state index in [4.69, 9.17) is 4.74 Å². The van der Waals surface area contributed by atoms with Crippen LogP contribution in [0.1, 0.15) is 129 Å². The third-order valence-corrected chi connectivity index (χ3v) is 11.9. The van der Waals surface area contributed by atoms with Gasteiger partial charge in [0, 0.05) is 18.3 Å². The molecule has 1 aromatic heterocycles. The molecule has 3 aromatic rings. The number of fused-ring (bicyclic) bond motifs is 1. The summed E-state index contributed by atoms with van der Waals surface area (Å²) in [5.74, 6) is -1.48. The maximum atomic E-state index is 14.5. The Morgan fingerprint density at radius 2 is 1.63 bits per heavy atom. The largest absolute Gasteiger partial charge is 0.497 e. The number of ether oxygens (including phenoxy) is 1. The molecule has 2 atom stereocenters. The van der Waals surface area contributed by atoms with Gasteiger partial charge in [-0.05, 0) is 153 Å². The van der Waals surface area contributed by atoms with E-state index in [-0.39, 0.29) is 17.9 Å². The Balaban J connectivity index is 1.36. The summed E-state index contributed by atoms with van der Waals surface area (Å²) in [5.41, 5.74) is 5.18. The minimum Gasteiger partial charge on any atom is -0.497 e. The molecular weight excluding hydrogens is 695 g/mol. The zero-order valence-electron chi connectivity index (χ0n) is 32.2. The Kier molecular flexibility index (Phi) is 12.0. The van der Waals surface area contributed by atoms with E-state index in [2.05, 4.69) is 10.2 Å². The summed E-state index contributed by atoms with van der Waals surface area (Å²) in [5, 5.41) is 13.0. The Labute approximate surface area is 316 Å². The van der Waals surface area contributed by atoms with Gasteiger partial charge >= 0.3 is 12.1 Å². The molecule has 0 unspecified atom stereocenters. The van der Waals surface area contributed by atoms with Crippen molar-refractivity contribution in [1.29, 1.82) is 0 Å². The monoisotopic (exact) mass is 749 g/mol. The van der Waals surface area contributed by atoms with Gasteiger partial charge in [0.05, 0.1) is 25.1 Å². The van der Waals surface area contributed by atoms with Crippen molar-refractivity contribution in [2.24, 2.45) is 5.92 Å². The number of aliphatic carboxylic acids is 1. The van der Waals surface area contributed by atoms with Crippen LogP contribution in [0.25, 0.3) is 11.1 Å². The smallest absolute Gasteiger partial charge is 0.416 e. The number of carbonyl (C=O) groups is 2. The van der Waals surface area contributed by atoms with Gasteiger partial charge in [-0.1, -0.05) is 32.8 Å². The maximum Gasteiger partial charge on any atom is 0.416 e. The molecule has 6 rings (SSSR count).